The number of rotatable bonds is 8. The van der Waals surface area contributed by atoms with Crippen LogP contribution in [0.25, 0.3) is 0 Å². The van der Waals surface area contributed by atoms with E-state index in [4.69, 9.17) is 9.47 Å². The Morgan fingerprint density at radius 1 is 0.829 bits per heavy atom. The third kappa shape index (κ3) is 5.75. The van der Waals surface area contributed by atoms with E-state index in [9.17, 15) is 19.9 Å². The number of carbonyl (C=O) groups is 2. The van der Waals surface area contributed by atoms with Crippen LogP contribution in [0, 0.1) is 5.21 Å². The van der Waals surface area contributed by atoms with Crippen molar-refractivity contribution in [3.8, 4) is 0 Å². The van der Waals surface area contributed by atoms with Gasteiger partial charge in [-0.25, -0.2) is 0 Å². The Bertz CT molecular complexity index is 1520. The van der Waals surface area contributed by atoms with Gasteiger partial charge in [-0.1, -0.05) is 72.4 Å². The molecule has 9 heteroatoms. The van der Waals surface area contributed by atoms with Crippen molar-refractivity contribution in [2.45, 2.75) is 43.1 Å². The van der Waals surface area contributed by atoms with E-state index in [1.54, 1.807) is 36.4 Å². The molecule has 0 aliphatic carbocycles. The number of carbonyl (C=O) groups excluding carboxylic acids is 2. The Balaban J connectivity index is 1.19. The standard InChI is InChI=1S/C32H28N2O6S/c35-19-22-10-12-23(13-11-22)28-17-25(20-41-29-7-3-4-16-34(29)38)39-32(40-28)24-14-8-21(9-15-24)18-33-30(36)26-5-1-2-6-27(26)31(33)37/h1-16,25,28,32,35H,17-20H2/t25-,28+,32+/m0/s1. The van der Waals surface area contributed by atoms with E-state index in [0.717, 1.165) is 27.0 Å². The number of nitrogens with zero attached hydrogens (tertiary/aromatic N) is 2. The van der Waals surface area contributed by atoms with Gasteiger partial charge in [0.2, 0.25) is 0 Å². The molecular weight excluding hydrogens is 540 g/mol. The second-order valence-corrected chi connectivity index (χ2v) is 11.0. The van der Waals surface area contributed by atoms with Crippen LogP contribution in [0.3, 0.4) is 0 Å². The Morgan fingerprint density at radius 3 is 2.12 bits per heavy atom. The van der Waals surface area contributed by atoms with Crippen LogP contribution in [0.2, 0.25) is 0 Å². The molecule has 0 saturated carbocycles. The lowest BCUT2D eigenvalue weighted by molar-refractivity contribution is -0.645. The molecule has 1 aromatic heterocycles. The molecule has 41 heavy (non-hydrogen) atoms. The van der Waals surface area contributed by atoms with Crippen LogP contribution in [0.4, 0.5) is 0 Å². The average molecular weight is 569 g/mol. The van der Waals surface area contributed by atoms with E-state index in [0.29, 0.717) is 28.3 Å². The summed E-state index contributed by atoms with van der Waals surface area (Å²) in [6.07, 6.45) is 0.983. The molecule has 208 valence electrons. The first-order valence-electron chi connectivity index (χ1n) is 13.4. The number of aromatic nitrogens is 1. The summed E-state index contributed by atoms with van der Waals surface area (Å²) in [4.78, 5) is 26.8. The summed E-state index contributed by atoms with van der Waals surface area (Å²) in [7, 11) is 0. The first-order valence-corrected chi connectivity index (χ1v) is 14.3. The molecule has 2 amide bonds. The van der Waals surface area contributed by atoms with E-state index in [2.05, 4.69) is 0 Å². The molecule has 0 unspecified atom stereocenters. The van der Waals surface area contributed by atoms with Crippen molar-refractivity contribution < 1.29 is 28.9 Å². The fourth-order valence-electron chi connectivity index (χ4n) is 5.07. The van der Waals surface area contributed by atoms with Crippen LogP contribution in [0.1, 0.15) is 61.8 Å². The number of thioether (sulfide) groups is 1. The molecular formula is C32H28N2O6S. The minimum absolute atomic E-state index is 0.0316. The molecule has 3 atom stereocenters. The minimum Gasteiger partial charge on any atom is -0.618 e. The van der Waals surface area contributed by atoms with Crippen molar-refractivity contribution in [3.05, 3.63) is 136 Å². The summed E-state index contributed by atoms with van der Waals surface area (Å²) in [6, 6.07) is 27.4. The van der Waals surface area contributed by atoms with E-state index in [1.807, 2.05) is 54.6 Å². The lowest BCUT2D eigenvalue weighted by atomic mass is 10.0. The molecule has 0 radical (unpaired) electrons. The van der Waals surface area contributed by atoms with Gasteiger partial charge in [0, 0.05) is 29.9 Å². The molecule has 0 spiro atoms. The summed E-state index contributed by atoms with van der Waals surface area (Å²) >= 11 is 1.44. The summed E-state index contributed by atoms with van der Waals surface area (Å²) < 4.78 is 13.6. The predicted octanol–water partition coefficient (Wildman–Crippen LogP) is 4.95. The highest BCUT2D eigenvalue weighted by Crippen LogP contribution is 2.39. The highest BCUT2D eigenvalue weighted by molar-refractivity contribution is 7.99. The number of amides is 2. The number of imide groups is 1. The molecule has 1 fully saturated rings. The van der Waals surface area contributed by atoms with Crippen molar-refractivity contribution in [3.63, 3.8) is 0 Å². The number of fused-ring (bicyclic) bond motifs is 1. The quantitative estimate of drug-likeness (QED) is 0.139. The maximum absolute atomic E-state index is 12.8. The maximum Gasteiger partial charge on any atom is 0.261 e. The van der Waals surface area contributed by atoms with Crippen molar-refractivity contribution >= 4 is 23.6 Å². The van der Waals surface area contributed by atoms with Gasteiger partial charge in [0.15, 0.2) is 12.5 Å². The van der Waals surface area contributed by atoms with Crippen molar-refractivity contribution in [2.75, 3.05) is 5.75 Å². The zero-order valence-corrected chi connectivity index (χ0v) is 22.9. The second-order valence-electron chi connectivity index (χ2n) is 10.0. The monoisotopic (exact) mass is 568 g/mol. The van der Waals surface area contributed by atoms with Gasteiger partial charge < -0.3 is 19.8 Å². The van der Waals surface area contributed by atoms with Crippen molar-refractivity contribution in [1.82, 2.24) is 4.90 Å². The molecule has 3 heterocycles. The molecule has 3 aromatic carbocycles. The summed E-state index contributed by atoms with van der Waals surface area (Å²) in [6.45, 7) is 0.139. The second kappa shape index (κ2) is 11.8. The lowest BCUT2D eigenvalue weighted by Gasteiger charge is -2.36. The Kier molecular flexibility index (Phi) is 7.84. The van der Waals surface area contributed by atoms with E-state index in [1.165, 1.54) is 22.9 Å². The maximum atomic E-state index is 12.8. The Labute approximate surface area is 241 Å². The van der Waals surface area contributed by atoms with E-state index >= 15 is 0 Å². The lowest BCUT2D eigenvalue weighted by Crippen LogP contribution is -2.32. The summed E-state index contributed by atoms with van der Waals surface area (Å²) in [5.41, 5.74) is 4.28. The predicted molar refractivity (Wildman–Crippen MR) is 152 cm³/mol. The number of pyridine rings is 1. The normalized spacial score (nSPS) is 20.3. The Hall–Kier alpha value is -4.02. The van der Waals surface area contributed by atoms with Gasteiger partial charge in [0.05, 0.1) is 36.5 Å². The van der Waals surface area contributed by atoms with Gasteiger partial charge in [0.25, 0.3) is 16.8 Å². The molecule has 8 nitrogen and oxygen atoms in total. The van der Waals surface area contributed by atoms with Gasteiger partial charge in [0.1, 0.15) is 0 Å². The number of hydrogen-bond donors (Lipinski definition) is 1. The topological polar surface area (TPSA) is 103 Å². The zero-order valence-electron chi connectivity index (χ0n) is 22.1. The highest BCUT2D eigenvalue weighted by Gasteiger charge is 2.35. The third-order valence-corrected chi connectivity index (χ3v) is 8.44. The highest BCUT2D eigenvalue weighted by atomic mass is 32.2. The fraction of sp³-hybridized carbons (Fsp3) is 0.219. The van der Waals surface area contributed by atoms with Crippen LogP contribution < -0.4 is 4.73 Å². The van der Waals surface area contributed by atoms with Crippen LogP contribution in [-0.4, -0.2) is 33.7 Å². The third-order valence-electron chi connectivity index (χ3n) is 7.29. The molecule has 1 N–H and O–H groups in total. The number of hydrogen-bond acceptors (Lipinski definition) is 7. The van der Waals surface area contributed by atoms with Gasteiger partial charge in [-0.15, -0.1) is 0 Å². The first-order chi connectivity index (χ1) is 20.0. The number of ether oxygens (including phenoxy) is 2. The average Bonchev–Trinajstić information content (AvgIpc) is 3.25. The SMILES string of the molecule is O=C1c2ccccc2C(=O)N1Cc1ccc([C@@H]2O[C@H](CSc3cccc[n+]3[O-])C[C@H](c3ccc(CO)cc3)O2)cc1. The van der Waals surface area contributed by atoms with Crippen LogP contribution in [0.5, 0.6) is 0 Å². The minimum atomic E-state index is -0.652. The van der Waals surface area contributed by atoms with Gasteiger partial charge in [-0.2, -0.15) is 4.73 Å². The molecule has 4 aromatic rings. The molecule has 2 aliphatic rings. The largest absolute Gasteiger partial charge is 0.618 e. The molecule has 2 aliphatic heterocycles. The summed E-state index contributed by atoms with van der Waals surface area (Å²) in [5.74, 6) is -0.0153. The van der Waals surface area contributed by atoms with Crippen molar-refractivity contribution in [1.29, 1.82) is 0 Å². The smallest absolute Gasteiger partial charge is 0.261 e. The Morgan fingerprint density at radius 2 is 1.46 bits per heavy atom. The van der Waals surface area contributed by atoms with Crippen LogP contribution in [0.15, 0.2) is 102 Å². The van der Waals surface area contributed by atoms with Crippen LogP contribution >= 0.6 is 11.8 Å². The number of aliphatic hydroxyl groups is 1. The van der Waals surface area contributed by atoms with Crippen molar-refractivity contribution in [2.24, 2.45) is 0 Å². The van der Waals surface area contributed by atoms with E-state index in [-0.39, 0.29) is 37.2 Å². The fourth-order valence-corrected chi connectivity index (χ4v) is 6.01. The van der Waals surface area contributed by atoms with Gasteiger partial charge in [-0.05, 0) is 34.9 Å². The number of benzene rings is 3. The molecule has 6 rings (SSSR count). The molecule has 0 bridgehead atoms. The molecule has 1 saturated heterocycles. The van der Waals surface area contributed by atoms with Crippen LogP contribution in [-0.2, 0) is 22.6 Å². The van der Waals surface area contributed by atoms with E-state index < -0.39 is 6.29 Å². The zero-order chi connectivity index (χ0) is 28.3. The summed E-state index contributed by atoms with van der Waals surface area (Å²) in [5, 5.41) is 22.2. The number of aliphatic hydroxyl groups excluding tert-OH is 1. The first kappa shape index (κ1) is 27.2. The van der Waals surface area contributed by atoms with Gasteiger partial charge in [-0.3, -0.25) is 14.5 Å². The van der Waals surface area contributed by atoms with Gasteiger partial charge >= 0.3 is 0 Å².